The molecule has 3 aromatic rings. The molecule has 0 spiro atoms. The quantitative estimate of drug-likeness (QED) is 0.712. The lowest BCUT2D eigenvalue weighted by molar-refractivity contribution is 0.473. The minimum atomic E-state index is -3.45. The van der Waals surface area contributed by atoms with E-state index < -0.39 is 20.4 Å². The summed E-state index contributed by atoms with van der Waals surface area (Å²) in [5, 5.41) is 13.1. The monoisotopic (exact) mass is 372 g/mol. The second-order valence-electron chi connectivity index (χ2n) is 7.06. The van der Waals surface area contributed by atoms with Crippen LogP contribution in [0.1, 0.15) is 19.4 Å². The summed E-state index contributed by atoms with van der Waals surface area (Å²) in [6, 6.07) is 8.71. The molecule has 4 rings (SSSR count). The van der Waals surface area contributed by atoms with Crippen molar-refractivity contribution in [1.29, 1.82) is 0 Å². The maximum atomic E-state index is 14.0. The third-order valence-corrected chi connectivity index (χ3v) is 7.33. The van der Waals surface area contributed by atoms with Crippen LogP contribution in [-0.4, -0.2) is 23.3 Å². The molecule has 0 saturated heterocycles. The van der Waals surface area contributed by atoms with E-state index in [2.05, 4.69) is 10.3 Å². The van der Waals surface area contributed by atoms with Gasteiger partial charge in [-0.1, -0.05) is 0 Å². The summed E-state index contributed by atoms with van der Waals surface area (Å²) < 4.78 is 38.7. The average Bonchev–Trinajstić information content (AvgIpc) is 2.74. The Bertz CT molecular complexity index is 1160. The molecule has 0 atom stereocenters. The van der Waals surface area contributed by atoms with Crippen LogP contribution in [0.25, 0.3) is 10.9 Å². The Morgan fingerprint density at radius 2 is 1.92 bits per heavy atom. The molecule has 0 fully saturated rings. The molecule has 0 aliphatic carbocycles. The third kappa shape index (κ3) is 2.42. The molecule has 7 heteroatoms. The lowest BCUT2D eigenvalue weighted by Crippen LogP contribution is -2.27. The summed E-state index contributed by atoms with van der Waals surface area (Å²) in [6.45, 7) is 3.42. The molecule has 0 amide bonds. The molecule has 26 heavy (non-hydrogen) atoms. The van der Waals surface area contributed by atoms with Gasteiger partial charge in [0.05, 0.1) is 20.8 Å². The van der Waals surface area contributed by atoms with Crippen molar-refractivity contribution in [3.63, 3.8) is 0 Å². The van der Waals surface area contributed by atoms with Crippen molar-refractivity contribution in [2.75, 3.05) is 5.32 Å². The molecule has 2 aromatic carbocycles. The van der Waals surface area contributed by atoms with E-state index in [0.717, 1.165) is 11.6 Å². The van der Waals surface area contributed by atoms with Gasteiger partial charge in [-0.25, -0.2) is 12.8 Å². The van der Waals surface area contributed by atoms with Crippen LogP contribution in [0.5, 0.6) is 5.75 Å². The van der Waals surface area contributed by atoms with Crippen molar-refractivity contribution >= 4 is 32.1 Å². The Morgan fingerprint density at radius 1 is 1.15 bits per heavy atom. The minimum absolute atomic E-state index is 0.0718. The third-order valence-electron chi connectivity index (χ3n) is 4.78. The molecule has 5 nitrogen and oxygen atoms in total. The van der Waals surface area contributed by atoms with Crippen LogP contribution in [0.2, 0.25) is 0 Å². The Kier molecular flexibility index (Phi) is 3.49. The number of nitrogens with zero attached hydrogens (tertiary/aromatic N) is 1. The fourth-order valence-electron chi connectivity index (χ4n) is 3.32. The molecule has 2 N–H and O–H groups in total. The largest absolute Gasteiger partial charge is 0.508 e. The Balaban J connectivity index is 1.90. The summed E-state index contributed by atoms with van der Waals surface area (Å²) in [5.74, 6) is -0.597. The van der Waals surface area contributed by atoms with Crippen LogP contribution in [0, 0.1) is 5.82 Å². The Labute approximate surface area is 150 Å². The van der Waals surface area contributed by atoms with Crippen LogP contribution in [0.4, 0.5) is 15.8 Å². The predicted molar refractivity (Wildman–Crippen MR) is 98.1 cm³/mol. The van der Waals surface area contributed by atoms with Gasteiger partial charge >= 0.3 is 0 Å². The molecule has 0 bridgehead atoms. The van der Waals surface area contributed by atoms with Crippen LogP contribution in [-0.2, 0) is 16.3 Å². The topological polar surface area (TPSA) is 79.3 Å². The number of aromatic hydroxyl groups is 1. The smallest absolute Gasteiger partial charge is 0.184 e. The van der Waals surface area contributed by atoms with Gasteiger partial charge in [0.2, 0.25) is 0 Å². The van der Waals surface area contributed by atoms with Crippen molar-refractivity contribution in [2.45, 2.75) is 29.9 Å². The second-order valence-corrected chi connectivity index (χ2v) is 9.62. The maximum absolute atomic E-state index is 14.0. The number of anilines is 2. The van der Waals surface area contributed by atoms with E-state index in [9.17, 15) is 17.9 Å². The first-order chi connectivity index (χ1) is 12.2. The molecular formula is C19H17FN2O3S. The van der Waals surface area contributed by atoms with Gasteiger partial charge in [-0.3, -0.25) is 4.98 Å². The molecule has 0 saturated carbocycles. The van der Waals surface area contributed by atoms with E-state index in [1.807, 2.05) is 0 Å². The molecule has 0 radical (unpaired) electrons. The van der Waals surface area contributed by atoms with E-state index in [0.29, 0.717) is 27.9 Å². The maximum Gasteiger partial charge on any atom is 0.184 e. The highest BCUT2D eigenvalue weighted by atomic mass is 32.2. The molecule has 1 aromatic heterocycles. The SMILES string of the molecule is CC1(C)Cc2cc3nccc(Nc4cc(O)ccc4F)c3cc2S1(=O)=O. The first-order valence-electron chi connectivity index (χ1n) is 8.11. The number of aromatic nitrogens is 1. The fourth-order valence-corrected chi connectivity index (χ4v) is 5.01. The number of phenolic OH excluding ortho intramolecular Hbond substituents is 1. The number of benzene rings is 2. The zero-order chi connectivity index (χ0) is 18.7. The molecule has 0 unspecified atom stereocenters. The van der Waals surface area contributed by atoms with Crippen molar-refractivity contribution in [3.8, 4) is 5.75 Å². The minimum Gasteiger partial charge on any atom is -0.508 e. The van der Waals surface area contributed by atoms with E-state index in [-0.39, 0.29) is 11.4 Å². The van der Waals surface area contributed by atoms with Crippen molar-refractivity contribution < 1.29 is 17.9 Å². The first kappa shape index (κ1) is 16.8. The Morgan fingerprint density at radius 3 is 2.69 bits per heavy atom. The summed E-state index contributed by atoms with van der Waals surface area (Å²) in [7, 11) is -3.45. The van der Waals surface area contributed by atoms with Crippen LogP contribution in [0.15, 0.2) is 47.5 Å². The average molecular weight is 372 g/mol. The number of rotatable bonds is 2. The fraction of sp³-hybridized carbons (Fsp3) is 0.211. The number of fused-ring (bicyclic) bond motifs is 2. The van der Waals surface area contributed by atoms with Crippen LogP contribution >= 0.6 is 0 Å². The van der Waals surface area contributed by atoms with Gasteiger partial charge in [0, 0.05) is 23.3 Å². The number of hydrogen-bond acceptors (Lipinski definition) is 5. The van der Waals surface area contributed by atoms with Gasteiger partial charge in [0.1, 0.15) is 11.6 Å². The number of sulfone groups is 1. The molecule has 1 aliphatic heterocycles. The number of nitrogens with one attached hydrogen (secondary N) is 1. The van der Waals surface area contributed by atoms with Gasteiger partial charge in [-0.05, 0) is 56.2 Å². The van der Waals surface area contributed by atoms with E-state index >= 15 is 0 Å². The standard InChI is InChI=1S/C19H17FN2O3S/c1-19(2)10-11-7-16-13(9-18(11)26(19,24)25)15(5-6-21-16)22-17-8-12(23)3-4-14(17)20/h3-9,23H,10H2,1-2H3,(H,21,22). The molecule has 1 aliphatic rings. The van der Waals surface area contributed by atoms with Gasteiger partial charge in [-0.2, -0.15) is 0 Å². The highest BCUT2D eigenvalue weighted by Crippen LogP contribution is 2.41. The zero-order valence-corrected chi connectivity index (χ0v) is 15.1. The highest BCUT2D eigenvalue weighted by molar-refractivity contribution is 7.93. The Hall–Kier alpha value is -2.67. The van der Waals surface area contributed by atoms with Gasteiger partial charge < -0.3 is 10.4 Å². The summed E-state index contributed by atoms with van der Waals surface area (Å²) >= 11 is 0. The van der Waals surface area contributed by atoms with E-state index in [4.69, 9.17) is 0 Å². The molecule has 2 heterocycles. The molecule has 134 valence electrons. The number of hydrogen-bond donors (Lipinski definition) is 2. The zero-order valence-electron chi connectivity index (χ0n) is 14.2. The van der Waals surface area contributed by atoms with E-state index in [1.54, 1.807) is 38.2 Å². The lowest BCUT2D eigenvalue weighted by atomic mass is 10.0. The van der Waals surface area contributed by atoms with Gasteiger partial charge in [0.25, 0.3) is 0 Å². The van der Waals surface area contributed by atoms with E-state index in [1.165, 1.54) is 12.1 Å². The second kappa shape index (κ2) is 5.41. The van der Waals surface area contributed by atoms with Crippen molar-refractivity contribution in [2.24, 2.45) is 0 Å². The summed E-state index contributed by atoms with van der Waals surface area (Å²) in [6.07, 6.45) is 2.01. The van der Waals surface area contributed by atoms with Gasteiger partial charge in [0.15, 0.2) is 9.84 Å². The number of halogens is 1. The summed E-state index contributed by atoms with van der Waals surface area (Å²) in [4.78, 5) is 4.61. The van der Waals surface area contributed by atoms with Crippen LogP contribution < -0.4 is 5.32 Å². The normalized spacial score (nSPS) is 17.2. The molecular weight excluding hydrogens is 355 g/mol. The van der Waals surface area contributed by atoms with Gasteiger partial charge in [-0.15, -0.1) is 0 Å². The first-order valence-corrected chi connectivity index (χ1v) is 9.59. The summed E-state index contributed by atoms with van der Waals surface area (Å²) in [5.41, 5.74) is 1.99. The highest BCUT2D eigenvalue weighted by Gasteiger charge is 2.44. The number of phenols is 1. The van der Waals surface area contributed by atoms with Crippen LogP contribution in [0.3, 0.4) is 0 Å². The number of pyridine rings is 1. The van der Waals surface area contributed by atoms with Crippen molar-refractivity contribution in [3.05, 3.63) is 54.0 Å². The lowest BCUT2D eigenvalue weighted by Gasteiger charge is -2.15. The van der Waals surface area contributed by atoms with Crippen molar-refractivity contribution in [1.82, 2.24) is 4.98 Å². The predicted octanol–water partition coefficient (Wildman–Crippen LogP) is 3.93.